The Bertz CT molecular complexity index is 388. The fourth-order valence-corrected chi connectivity index (χ4v) is 2.02. The van der Waals surface area contributed by atoms with E-state index in [2.05, 4.69) is 32.4 Å². The van der Waals surface area contributed by atoms with Gasteiger partial charge in [-0.3, -0.25) is 0 Å². The highest BCUT2D eigenvalue weighted by Crippen LogP contribution is 2.42. The lowest BCUT2D eigenvalue weighted by Gasteiger charge is -2.05. The van der Waals surface area contributed by atoms with Crippen molar-refractivity contribution in [2.24, 2.45) is 0 Å². The molecule has 1 aromatic carbocycles. The number of hydrogen-bond acceptors (Lipinski definition) is 0. The maximum atomic E-state index is 2.36. The summed E-state index contributed by atoms with van der Waals surface area (Å²) in [4.78, 5) is 0. The minimum Gasteiger partial charge on any atom is -0.103 e. The minimum atomic E-state index is 1.15. The summed E-state index contributed by atoms with van der Waals surface area (Å²) in [5.74, 6) is 0. The molecule has 57 valence electrons. The molecule has 0 aromatic heterocycles. The van der Waals surface area contributed by atoms with Crippen molar-refractivity contribution >= 4 is 12.8 Å². The van der Waals surface area contributed by atoms with Crippen molar-refractivity contribution in [1.29, 1.82) is 0 Å². The molecular formula is C11H10B. The molecule has 0 bridgehead atoms. The van der Waals surface area contributed by atoms with Crippen LogP contribution in [0, 0.1) is 0 Å². The summed E-state index contributed by atoms with van der Waals surface area (Å²) in [6.07, 6.45) is 2.35. The Morgan fingerprint density at radius 1 is 1.42 bits per heavy atom. The molecule has 0 fully saturated rings. The van der Waals surface area contributed by atoms with Gasteiger partial charge in [0.05, 0.1) is 0 Å². The van der Waals surface area contributed by atoms with Crippen molar-refractivity contribution in [2.75, 3.05) is 0 Å². The highest BCUT2D eigenvalue weighted by molar-refractivity contribution is 6.84. The van der Waals surface area contributed by atoms with Gasteiger partial charge in [-0.1, -0.05) is 30.6 Å². The summed E-state index contributed by atoms with van der Waals surface area (Å²) < 4.78 is 0. The van der Waals surface area contributed by atoms with Crippen LogP contribution in [0.5, 0.6) is 0 Å². The number of rotatable bonds is 1. The van der Waals surface area contributed by atoms with Crippen molar-refractivity contribution in [2.45, 2.75) is 19.8 Å². The second-order valence-corrected chi connectivity index (χ2v) is 3.61. The quantitative estimate of drug-likeness (QED) is 0.542. The van der Waals surface area contributed by atoms with Crippen molar-refractivity contribution in [3.63, 3.8) is 0 Å². The zero-order valence-electron chi connectivity index (χ0n) is 7.22. The summed E-state index contributed by atoms with van der Waals surface area (Å²) in [5, 5.41) is 0. The maximum absolute atomic E-state index is 2.36. The van der Waals surface area contributed by atoms with Gasteiger partial charge in [0.1, 0.15) is 0 Å². The van der Waals surface area contributed by atoms with Gasteiger partial charge in [0.25, 0.3) is 0 Å². The lowest BCUT2D eigenvalue weighted by atomic mass is 9.80. The molecule has 1 heterocycles. The van der Waals surface area contributed by atoms with Crippen molar-refractivity contribution in [3.05, 3.63) is 40.4 Å². The minimum absolute atomic E-state index is 1.15. The molecule has 0 saturated carbocycles. The van der Waals surface area contributed by atoms with E-state index in [9.17, 15) is 0 Å². The molecule has 1 aliphatic carbocycles. The Balaban J connectivity index is 2.12. The van der Waals surface area contributed by atoms with Gasteiger partial charge in [0.2, 0.25) is 0 Å². The average Bonchev–Trinajstić information content (AvgIpc) is 2.78. The molecule has 12 heavy (non-hydrogen) atoms. The van der Waals surface area contributed by atoms with Crippen molar-refractivity contribution in [1.82, 2.24) is 0 Å². The number of allylic oxidation sites excluding steroid dienone is 1. The van der Waals surface area contributed by atoms with Crippen LogP contribution in [0.3, 0.4) is 0 Å². The maximum Gasteiger partial charge on any atom is 0.185 e. The molecule has 1 radical (unpaired) electrons. The number of hydrogen-bond donors (Lipinski definition) is 0. The van der Waals surface area contributed by atoms with E-state index in [4.69, 9.17) is 0 Å². The van der Waals surface area contributed by atoms with Gasteiger partial charge < -0.3 is 0 Å². The fourth-order valence-electron chi connectivity index (χ4n) is 2.02. The molecule has 1 aromatic rings. The summed E-state index contributed by atoms with van der Waals surface area (Å²) in [7, 11) is 2.30. The van der Waals surface area contributed by atoms with Gasteiger partial charge in [-0.25, -0.2) is 0 Å². The molecule has 0 saturated heterocycles. The summed E-state index contributed by atoms with van der Waals surface area (Å²) >= 11 is 0. The Kier molecular flexibility index (Phi) is 1.11. The zero-order chi connectivity index (χ0) is 8.13. The van der Waals surface area contributed by atoms with E-state index < -0.39 is 0 Å². The smallest absolute Gasteiger partial charge is 0.103 e. The molecule has 1 heteroatoms. The van der Waals surface area contributed by atoms with Crippen molar-refractivity contribution in [3.8, 4) is 0 Å². The Morgan fingerprint density at radius 3 is 3.17 bits per heavy atom. The largest absolute Gasteiger partial charge is 0.185 e. The van der Waals surface area contributed by atoms with E-state index in [1.807, 2.05) is 0 Å². The predicted octanol–water partition coefficient (Wildman–Crippen LogP) is 2.19. The van der Waals surface area contributed by atoms with Gasteiger partial charge in [-0.05, 0) is 29.5 Å². The van der Waals surface area contributed by atoms with Crippen LogP contribution in [0.2, 0.25) is 0 Å². The van der Waals surface area contributed by atoms with E-state index in [1.54, 1.807) is 11.0 Å². The highest BCUT2D eigenvalue weighted by Gasteiger charge is 2.32. The topological polar surface area (TPSA) is 0 Å². The van der Waals surface area contributed by atoms with Crippen molar-refractivity contribution < 1.29 is 0 Å². The van der Waals surface area contributed by atoms with E-state index in [0.717, 1.165) is 6.42 Å². The molecule has 0 spiro atoms. The summed E-state index contributed by atoms with van der Waals surface area (Å²) in [6.45, 7) is 2.21. The van der Waals surface area contributed by atoms with Crippen LogP contribution in [0.15, 0.2) is 23.7 Å². The average molecular weight is 153 g/mol. The lowest BCUT2D eigenvalue weighted by molar-refractivity contribution is 1.12. The highest BCUT2D eigenvalue weighted by atomic mass is 14.2. The first-order valence-electron chi connectivity index (χ1n) is 4.58. The first-order chi connectivity index (χ1) is 5.88. The molecule has 2 aliphatic rings. The normalized spacial score (nSPS) is 17.1. The van der Waals surface area contributed by atoms with Crippen LogP contribution in [-0.4, -0.2) is 7.28 Å². The number of aryl methyl sites for hydroxylation is 1. The monoisotopic (exact) mass is 153 g/mol. The third-order valence-corrected chi connectivity index (χ3v) is 2.83. The van der Waals surface area contributed by atoms with Gasteiger partial charge in [-0.2, -0.15) is 0 Å². The fraction of sp³-hybridized carbons (Fsp3) is 0.273. The first-order valence-corrected chi connectivity index (χ1v) is 4.58. The second-order valence-electron chi connectivity index (χ2n) is 3.61. The van der Waals surface area contributed by atoms with Crippen LogP contribution in [-0.2, 0) is 12.8 Å². The zero-order valence-corrected chi connectivity index (χ0v) is 7.22. The first kappa shape index (κ1) is 6.53. The third-order valence-electron chi connectivity index (χ3n) is 2.83. The van der Waals surface area contributed by atoms with E-state index in [1.165, 1.54) is 23.0 Å². The molecule has 0 amide bonds. The van der Waals surface area contributed by atoms with Crippen LogP contribution in [0.4, 0.5) is 0 Å². The summed E-state index contributed by atoms with van der Waals surface area (Å²) in [5.41, 5.74) is 7.59. The lowest BCUT2D eigenvalue weighted by Crippen LogP contribution is -1.93. The van der Waals surface area contributed by atoms with E-state index in [0.29, 0.717) is 0 Å². The van der Waals surface area contributed by atoms with Crippen LogP contribution >= 0.6 is 0 Å². The van der Waals surface area contributed by atoms with Gasteiger partial charge >= 0.3 is 0 Å². The third kappa shape index (κ3) is 0.740. The molecule has 1 aliphatic heterocycles. The number of fused-ring (bicyclic) bond motifs is 2. The Morgan fingerprint density at radius 2 is 2.33 bits per heavy atom. The van der Waals surface area contributed by atoms with Gasteiger partial charge in [0.15, 0.2) is 7.28 Å². The van der Waals surface area contributed by atoms with Crippen LogP contribution in [0.25, 0.3) is 5.47 Å². The van der Waals surface area contributed by atoms with E-state index in [-0.39, 0.29) is 0 Å². The Labute approximate surface area is 73.5 Å². The van der Waals surface area contributed by atoms with Crippen LogP contribution in [0.1, 0.15) is 23.6 Å². The molecule has 0 atom stereocenters. The molecule has 0 nitrogen and oxygen atoms in total. The standard InChI is InChI=1S/C11H10B/c1-2-7-3-4-9-8(5-7)6-10-11(9)12-10/h3-5H,2,6H2,1H3. The van der Waals surface area contributed by atoms with Gasteiger partial charge in [-0.15, -0.1) is 5.47 Å². The number of benzene rings is 1. The molecule has 0 unspecified atom stereocenters. The molecule has 0 N–H and O–H groups in total. The molecule has 3 rings (SSSR count). The SMILES string of the molecule is CCc1ccc2c(c1)CC1=C2[B]1. The summed E-state index contributed by atoms with van der Waals surface area (Å²) in [6, 6.07) is 6.89. The Hall–Kier alpha value is -0.975. The second kappa shape index (κ2) is 2.04. The van der Waals surface area contributed by atoms with Crippen LogP contribution < -0.4 is 0 Å². The predicted molar refractivity (Wildman–Crippen MR) is 52.2 cm³/mol. The van der Waals surface area contributed by atoms with Gasteiger partial charge in [0, 0.05) is 0 Å². The molecular weight excluding hydrogens is 143 g/mol. The van der Waals surface area contributed by atoms with E-state index >= 15 is 0 Å².